The Labute approximate surface area is 158 Å². The quantitative estimate of drug-likeness (QED) is 0.770. The minimum Gasteiger partial charge on any atom is -0.343 e. The highest BCUT2D eigenvalue weighted by atomic mass is 16.2. The molecule has 7 heteroatoms. The van der Waals surface area contributed by atoms with Crippen molar-refractivity contribution in [1.29, 1.82) is 0 Å². The second-order valence-corrected chi connectivity index (χ2v) is 7.25. The van der Waals surface area contributed by atoms with E-state index in [4.69, 9.17) is 0 Å². The topological polar surface area (TPSA) is 70.0 Å². The molecule has 0 atom stereocenters. The molecule has 0 saturated heterocycles. The third-order valence-electron chi connectivity index (χ3n) is 5.11. The van der Waals surface area contributed by atoms with Crippen LogP contribution in [0.2, 0.25) is 0 Å². The van der Waals surface area contributed by atoms with Gasteiger partial charge in [0, 0.05) is 63.8 Å². The maximum Gasteiger partial charge on any atom is 0.274 e. The minimum absolute atomic E-state index is 0.0471. The van der Waals surface area contributed by atoms with Crippen LogP contribution in [0.25, 0.3) is 5.69 Å². The molecule has 1 aliphatic heterocycles. The summed E-state index contributed by atoms with van der Waals surface area (Å²) in [5, 5.41) is 11.6. The van der Waals surface area contributed by atoms with E-state index in [0.29, 0.717) is 5.69 Å². The predicted octanol–water partition coefficient (Wildman–Crippen LogP) is 2.16. The number of aromatic amines is 1. The zero-order valence-electron chi connectivity index (χ0n) is 15.9. The lowest BCUT2D eigenvalue weighted by Crippen LogP contribution is -2.32. The van der Waals surface area contributed by atoms with E-state index in [-0.39, 0.29) is 5.91 Å². The molecule has 4 rings (SSSR count). The Morgan fingerprint density at radius 2 is 2.19 bits per heavy atom. The fraction of sp³-hybridized carbons (Fsp3) is 0.350. The summed E-state index contributed by atoms with van der Waals surface area (Å²) in [7, 11) is 3.52. The first-order valence-corrected chi connectivity index (χ1v) is 9.12. The van der Waals surface area contributed by atoms with E-state index in [0.717, 1.165) is 43.0 Å². The predicted molar refractivity (Wildman–Crippen MR) is 103 cm³/mol. The number of rotatable bonds is 4. The Morgan fingerprint density at radius 3 is 2.89 bits per heavy atom. The van der Waals surface area contributed by atoms with Crippen molar-refractivity contribution in [2.45, 2.75) is 26.4 Å². The van der Waals surface area contributed by atoms with Crippen LogP contribution in [0.1, 0.15) is 32.9 Å². The lowest BCUT2D eigenvalue weighted by atomic mass is 10.0. The van der Waals surface area contributed by atoms with Crippen LogP contribution in [0.4, 0.5) is 0 Å². The van der Waals surface area contributed by atoms with Gasteiger partial charge in [-0.3, -0.25) is 14.8 Å². The van der Waals surface area contributed by atoms with Gasteiger partial charge < -0.3 is 4.90 Å². The number of carbonyl (C=O) groups is 1. The summed E-state index contributed by atoms with van der Waals surface area (Å²) in [6.07, 6.45) is 4.61. The third-order valence-corrected chi connectivity index (χ3v) is 5.11. The normalized spacial score (nSPS) is 14.2. The average Bonchev–Trinajstić information content (AvgIpc) is 3.32. The largest absolute Gasteiger partial charge is 0.343 e. The molecular formula is C20H24N6O. The minimum atomic E-state index is -0.0471. The standard InChI is InChI=1S/C20H24N6O/c1-14-11-16(26-9-4-8-21-26)6-5-15(14)12-25-10-7-18-17(13-25)19(23-22-18)20(27)24(2)3/h4-6,8-9,11H,7,10,12-13H2,1-3H3,(H,22,23). The van der Waals surface area contributed by atoms with Crippen LogP contribution < -0.4 is 0 Å². The molecule has 0 fully saturated rings. The number of carbonyl (C=O) groups excluding carboxylic acids is 1. The summed E-state index contributed by atoms with van der Waals surface area (Å²) in [5.41, 5.74) is 6.26. The molecule has 27 heavy (non-hydrogen) atoms. The van der Waals surface area contributed by atoms with Crippen LogP contribution in [-0.4, -0.2) is 56.3 Å². The molecule has 3 aromatic rings. The van der Waals surface area contributed by atoms with Crippen LogP contribution in [0.15, 0.2) is 36.7 Å². The number of fused-ring (bicyclic) bond motifs is 1. The molecule has 0 aliphatic carbocycles. The molecule has 1 aliphatic rings. The van der Waals surface area contributed by atoms with Crippen LogP contribution in [0.5, 0.6) is 0 Å². The molecule has 7 nitrogen and oxygen atoms in total. The van der Waals surface area contributed by atoms with Crippen molar-refractivity contribution >= 4 is 5.91 Å². The first-order chi connectivity index (χ1) is 13.0. The van der Waals surface area contributed by atoms with Crippen molar-refractivity contribution in [1.82, 2.24) is 29.8 Å². The van der Waals surface area contributed by atoms with Gasteiger partial charge in [-0.1, -0.05) is 6.07 Å². The van der Waals surface area contributed by atoms with Crippen molar-refractivity contribution in [3.63, 3.8) is 0 Å². The number of H-pyrrole nitrogens is 1. The van der Waals surface area contributed by atoms with Gasteiger partial charge in [0.25, 0.3) is 5.91 Å². The molecule has 1 amide bonds. The molecule has 1 aromatic carbocycles. The van der Waals surface area contributed by atoms with Gasteiger partial charge >= 0.3 is 0 Å². The monoisotopic (exact) mass is 364 g/mol. The molecule has 2 aromatic heterocycles. The van der Waals surface area contributed by atoms with Gasteiger partial charge in [0.1, 0.15) is 0 Å². The van der Waals surface area contributed by atoms with Gasteiger partial charge in [0.2, 0.25) is 0 Å². The summed E-state index contributed by atoms with van der Waals surface area (Å²) in [6, 6.07) is 8.36. The number of hydrogen-bond acceptors (Lipinski definition) is 4. The number of aromatic nitrogens is 4. The first-order valence-electron chi connectivity index (χ1n) is 9.12. The molecule has 140 valence electrons. The summed E-state index contributed by atoms with van der Waals surface area (Å²) in [4.78, 5) is 16.3. The van der Waals surface area contributed by atoms with E-state index in [9.17, 15) is 4.79 Å². The Bertz CT molecular complexity index is 957. The molecule has 3 heterocycles. The zero-order valence-corrected chi connectivity index (χ0v) is 15.9. The van der Waals surface area contributed by atoms with E-state index in [1.165, 1.54) is 11.1 Å². The van der Waals surface area contributed by atoms with E-state index < -0.39 is 0 Å². The van der Waals surface area contributed by atoms with Gasteiger partial charge in [-0.05, 0) is 36.2 Å². The van der Waals surface area contributed by atoms with E-state index in [1.807, 2.05) is 16.9 Å². The SMILES string of the molecule is Cc1cc(-n2cccn2)ccc1CN1CCc2[nH]nc(C(=O)N(C)C)c2C1. The second-order valence-electron chi connectivity index (χ2n) is 7.25. The van der Waals surface area contributed by atoms with E-state index in [1.54, 1.807) is 25.2 Å². The number of amides is 1. The highest BCUT2D eigenvalue weighted by molar-refractivity contribution is 5.93. The molecular weight excluding hydrogens is 340 g/mol. The summed E-state index contributed by atoms with van der Waals surface area (Å²) >= 11 is 0. The Kier molecular flexibility index (Phi) is 4.53. The molecule has 0 bridgehead atoms. The van der Waals surface area contributed by atoms with Crippen LogP contribution >= 0.6 is 0 Å². The average molecular weight is 364 g/mol. The van der Waals surface area contributed by atoms with Crippen molar-refractivity contribution < 1.29 is 4.79 Å². The van der Waals surface area contributed by atoms with Crippen molar-refractivity contribution in [2.75, 3.05) is 20.6 Å². The third kappa shape index (κ3) is 3.38. The second kappa shape index (κ2) is 7.00. The van der Waals surface area contributed by atoms with Crippen molar-refractivity contribution in [2.24, 2.45) is 0 Å². The summed E-state index contributed by atoms with van der Waals surface area (Å²) < 4.78 is 1.87. The smallest absolute Gasteiger partial charge is 0.274 e. The first kappa shape index (κ1) is 17.5. The van der Waals surface area contributed by atoms with Gasteiger partial charge in [-0.25, -0.2) is 4.68 Å². The Morgan fingerprint density at radius 1 is 1.33 bits per heavy atom. The van der Waals surface area contributed by atoms with E-state index in [2.05, 4.69) is 45.3 Å². The number of nitrogens with one attached hydrogen (secondary N) is 1. The fourth-order valence-corrected chi connectivity index (χ4v) is 3.54. The summed E-state index contributed by atoms with van der Waals surface area (Å²) in [6.45, 7) is 4.67. The van der Waals surface area contributed by atoms with Gasteiger partial charge in [0.05, 0.1) is 5.69 Å². The fourth-order valence-electron chi connectivity index (χ4n) is 3.54. The maximum absolute atomic E-state index is 12.4. The molecule has 0 saturated carbocycles. The lowest BCUT2D eigenvalue weighted by molar-refractivity contribution is 0.0819. The van der Waals surface area contributed by atoms with Crippen LogP contribution in [0, 0.1) is 6.92 Å². The molecule has 0 unspecified atom stereocenters. The van der Waals surface area contributed by atoms with Crippen molar-refractivity contribution in [3.8, 4) is 5.69 Å². The molecule has 0 radical (unpaired) electrons. The Balaban J connectivity index is 1.52. The zero-order chi connectivity index (χ0) is 19.0. The van der Waals surface area contributed by atoms with Gasteiger partial charge in [-0.2, -0.15) is 10.2 Å². The molecule has 1 N–H and O–H groups in total. The van der Waals surface area contributed by atoms with Crippen LogP contribution in [0.3, 0.4) is 0 Å². The van der Waals surface area contributed by atoms with Crippen LogP contribution in [-0.2, 0) is 19.5 Å². The summed E-state index contributed by atoms with van der Waals surface area (Å²) in [5.74, 6) is -0.0471. The van der Waals surface area contributed by atoms with Gasteiger partial charge in [0.15, 0.2) is 5.69 Å². The number of nitrogens with zero attached hydrogens (tertiary/aromatic N) is 5. The lowest BCUT2D eigenvalue weighted by Gasteiger charge is -2.27. The number of benzene rings is 1. The highest BCUT2D eigenvalue weighted by Gasteiger charge is 2.26. The number of hydrogen-bond donors (Lipinski definition) is 1. The maximum atomic E-state index is 12.4. The van der Waals surface area contributed by atoms with E-state index >= 15 is 0 Å². The Hall–Kier alpha value is -2.93. The number of aryl methyl sites for hydroxylation is 1. The van der Waals surface area contributed by atoms with Crippen molar-refractivity contribution in [3.05, 3.63) is 64.7 Å². The molecule has 0 spiro atoms. The van der Waals surface area contributed by atoms with Gasteiger partial charge in [-0.15, -0.1) is 0 Å². The highest BCUT2D eigenvalue weighted by Crippen LogP contribution is 2.24.